The number of aromatic nitrogens is 2. The molecule has 0 aliphatic carbocycles. The third kappa shape index (κ3) is 3.03. The lowest BCUT2D eigenvalue weighted by Gasteiger charge is -2.07. The van der Waals surface area contributed by atoms with E-state index in [2.05, 4.69) is 5.10 Å². The van der Waals surface area contributed by atoms with E-state index in [0.29, 0.717) is 18.7 Å². The summed E-state index contributed by atoms with van der Waals surface area (Å²) in [6.45, 7) is 0.525. The molecule has 0 aliphatic heterocycles. The van der Waals surface area contributed by atoms with Crippen LogP contribution in [0.2, 0.25) is 0 Å². The highest BCUT2D eigenvalue weighted by molar-refractivity contribution is 5.37. The summed E-state index contributed by atoms with van der Waals surface area (Å²) < 4.78 is 1.71. The highest BCUT2D eigenvalue weighted by atomic mass is 16.6. The fourth-order valence-electron chi connectivity index (χ4n) is 2.42. The van der Waals surface area contributed by atoms with E-state index < -0.39 is 0 Å². The lowest BCUT2D eigenvalue weighted by molar-refractivity contribution is -0.385. The van der Waals surface area contributed by atoms with Crippen molar-refractivity contribution >= 4 is 5.69 Å². The van der Waals surface area contributed by atoms with Gasteiger partial charge in [0.15, 0.2) is 0 Å². The monoisotopic (exact) mass is 293 g/mol. The van der Waals surface area contributed by atoms with Crippen molar-refractivity contribution in [3.05, 3.63) is 93.8 Å². The average molecular weight is 293 g/mol. The predicted octanol–water partition coefficient (Wildman–Crippen LogP) is 3.43. The molecule has 0 bridgehead atoms. The van der Waals surface area contributed by atoms with E-state index >= 15 is 0 Å². The maximum absolute atomic E-state index is 11.2. The molecule has 2 aromatic carbocycles. The lowest BCUT2D eigenvalue weighted by atomic mass is 10.1. The van der Waals surface area contributed by atoms with E-state index in [1.54, 1.807) is 4.68 Å². The zero-order valence-corrected chi connectivity index (χ0v) is 11.9. The van der Waals surface area contributed by atoms with E-state index in [0.717, 1.165) is 11.1 Å². The first-order valence-corrected chi connectivity index (χ1v) is 7.01. The van der Waals surface area contributed by atoms with Crippen LogP contribution in [0.1, 0.15) is 16.8 Å². The Morgan fingerprint density at radius 3 is 2.14 bits per heavy atom. The molecule has 0 aliphatic rings. The van der Waals surface area contributed by atoms with Crippen LogP contribution in [0.4, 0.5) is 5.69 Å². The van der Waals surface area contributed by atoms with Gasteiger partial charge in [0.05, 0.1) is 11.5 Å². The first-order valence-electron chi connectivity index (χ1n) is 7.01. The minimum atomic E-state index is -0.368. The largest absolute Gasteiger partial charge is 0.310 e. The van der Waals surface area contributed by atoms with Crippen LogP contribution in [0.5, 0.6) is 0 Å². The van der Waals surface area contributed by atoms with E-state index in [4.69, 9.17) is 0 Å². The van der Waals surface area contributed by atoms with Crippen LogP contribution in [-0.2, 0) is 13.0 Å². The molecule has 3 rings (SSSR count). The van der Waals surface area contributed by atoms with Crippen molar-refractivity contribution in [3.8, 4) is 0 Å². The zero-order chi connectivity index (χ0) is 15.4. The molecule has 22 heavy (non-hydrogen) atoms. The third-order valence-corrected chi connectivity index (χ3v) is 3.51. The van der Waals surface area contributed by atoms with Crippen molar-refractivity contribution in [1.82, 2.24) is 9.78 Å². The molecule has 110 valence electrons. The summed E-state index contributed by atoms with van der Waals surface area (Å²) in [5, 5.41) is 15.4. The molecule has 0 unspecified atom stereocenters. The Labute approximate surface area is 128 Å². The minimum Gasteiger partial charge on any atom is -0.258 e. The quantitative estimate of drug-likeness (QED) is 0.535. The van der Waals surface area contributed by atoms with Crippen molar-refractivity contribution in [2.45, 2.75) is 13.0 Å². The highest BCUT2D eigenvalue weighted by Gasteiger charge is 2.20. The second-order valence-electron chi connectivity index (χ2n) is 5.04. The van der Waals surface area contributed by atoms with Crippen LogP contribution < -0.4 is 0 Å². The molecule has 1 aromatic heterocycles. The Kier molecular flexibility index (Phi) is 3.96. The Bertz CT molecular complexity index is 767. The summed E-state index contributed by atoms with van der Waals surface area (Å²) in [4.78, 5) is 10.9. The topological polar surface area (TPSA) is 61.0 Å². The first-order chi connectivity index (χ1) is 10.7. The van der Waals surface area contributed by atoms with Gasteiger partial charge in [0, 0.05) is 6.42 Å². The zero-order valence-electron chi connectivity index (χ0n) is 11.9. The summed E-state index contributed by atoms with van der Waals surface area (Å²) in [6.07, 6.45) is 1.82. The molecule has 3 aromatic rings. The Morgan fingerprint density at radius 1 is 0.955 bits per heavy atom. The van der Waals surface area contributed by atoms with Crippen molar-refractivity contribution in [2.75, 3.05) is 0 Å². The van der Waals surface area contributed by atoms with E-state index in [9.17, 15) is 10.1 Å². The van der Waals surface area contributed by atoms with Crippen molar-refractivity contribution in [3.63, 3.8) is 0 Å². The van der Waals surface area contributed by atoms with E-state index in [1.807, 2.05) is 60.7 Å². The van der Waals surface area contributed by atoms with Gasteiger partial charge in [0.2, 0.25) is 0 Å². The molecule has 0 saturated carbocycles. The SMILES string of the molecule is O=[N+]([O-])c1cnn(Cc2ccccc2)c1Cc1ccccc1. The van der Waals surface area contributed by atoms with Crippen LogP contribution in [0.3, 0.4) is 0 Å². The maximum Gasteiger partial charge on any atom is 0.310 e. The number of hydrogen-bond acceptors (Lipinski definition) is 3. The minimum absolute atomic E-state index is 0.0692. The average Bonchev–Trinajstić information content (AvgIpc) is 2.92. The normalized spacial score (nSPS) is 10.5. The third-order valence-electron chi connectivity index (χ3n) is 3.51. The second kappa shape index (κ2) is 6.22. The van der Waals surface area contributed by atoms with Gasteiger partial charge in [-0.1, -0.05) is 60.7 Å². The Balaban J connectivity index is 1.95. The Morgan fingerprint density at radius 2 is 1.55 bits per heavy atom. The van der Waals surface area contributed by atoms with Gasteiger partial charge in [-0.15, -0.1) is 0 Å². The fourth-order valence-corrected chi connectivity index (χ4v) is 2.42. The van der Waals surface area contributed by atoms with Gasteiger partial charge in [0.25, 0.3) is 0 Å². The molecule has 0 N–H and O–H groups in total. The number of nitrogens with zero attached hydrogens (tertiary/aromatic N) is 3. The summed E-state index contributed by atoms with van der Waals surface area (Å²) in [6, 6.07) is 19.5. The molecule has 0 radical (unpaired) electrons. The number of hydrogen-bond donors (Lipinski definition) is 0. The lowest BCUT2D eigenvalue weighted by Crippen LogP contribution is -2.08. The standard InChI is InChI=1S/C17H15N3O2/c21-20(22)17-12-18-19(13-15-9-5-2-6-10-15)16(17)11-14-7-3-1-4-8-14/h1-10,12H,11,13H2. The van der Waals surface area contributed by atoms with Gasteiger partial charge in [-0.3, -0.25) is 14.8 Å². The molecule has 5 nitrogen and oxygen atoms in total. The van der Waals surface area contributed by atoms with E-state index in [-0.39, 0.29) is 10.6 Å². The summed E-state index contributed by atoms with van der Waals surface area (Å²) in [7, 11) is 0. The summed E-state index contributed by atoms with van der Waals surface area (Å²) in [5.74, 6) is 0. The molecular formula is C17H15N3O2. The number of benzene rings is 2. The second-order valence-corrected chi connectivity index (χ2v) is 5.04. The number of nitro groups is 1. The van der Waals surface area contributed by atoms with Crippen LogP contribution in [0.25, 0.3) is 0 Å². The molecule has 0 spiro atoms. The molecule has 1 heterocycles. The smallest absolute Gasteiger partial charge is 0.258 e. The molecular weight excluding hydrogens is 278 g/mol. The summed E-state index contributed by atoms with van der Waals surface area (Å²) in [5.41, 5.74) is 2.79. The molecule has 0 amide bonds. The maximum atomic E-state index is 11.2. The molecule has 0 fully saturated rings. The van der Waals surface area contributed by atoms with Crippen molar-refractivity contribution in [1.29, 1.82) is 0 Å². The molecule has 0 atom stereocenters. The van der Waals surface area contributed by atoms with Gasteiger partial charge in [-0.25, -0.2) is 0 Å². The van der Waals surface area contributed by atoms with Gasteiger partial charge < -0.3 is 0 Å². The van der Waals surface area contributed by atoms with Crippen molar-refractivity contribution < 1.29 is 4.92 Å². The predicted molar refractivity (Wildman–Crippen MR) is 83.7 cm³/mol. The molecule has 5 heteroatoms. The van der Waals surface area contributed by atoms with Gasteiger partial charge >= 0.3 is 5.69 Å². The Hall–Kier alpha value is -2.95. The number of rotatable bonds is 5. The van der Waals surface area contributed by atoms with Gasteiger partial charge in [-0.2, -0.15) is 5.10 Å². The van der Waals surface area contributed by atoms with E-state index in [1.165, 1.54) is 6.20 Å². The van der Waals surface area contributed by atoms with Crippen LogP contribution in [0.15, 0.2) is 66.9 Å². The highest BCUT2D eigenvalue weighted by Crippen LogP contribution is 2.22. The van der Waals surface area contributed by atoms with Crippen LogP contribution >= 0.6 is 0 Å². The van der Waals surface area contributed by atoms with Gasteiger partial charge in [-0.05, 0) is 11.1 Å². The van der Waals surface area contributed by atoms with Crippen LogP contribution in [0, 0.1) is 10.1 Å². The molecule has 0 saturated heterocycles. The van der Waals surface area contributed by atoms with Gasteiger partial charge in [0.1, 0.15) is 11.9 Å². The van der Waals surface area contributed by atoms with Crippen LogP contribution in [-0.4, -0.2) is 14.7 Å². The first kappa shape index (κ1) is 14.0. The van der Waals surface area contributed by atoms with Crippen molar-refractivity contribution in [2.24, 2.45) is 0 Å². The fraction of sp³-hybridized carbons (Fsp3) is 0.118. The summed E-state index contributed by atoms with van der Waals surface area (Å²) >= 11 is 0.